The van der Waals surface area contributed by atoms with Crippen molar-refractivity contribution in [2.45, 2.75) is 50.7 Å². The van der Waals surface area contributed by atoms with Gasteiger partial charge >= 0.3 is 6.03 Å². The van der Waals surface area contributed by atoms with Crippen LogP contribution in [0.5, 0.6) is 0 Å². The lowest BCUT2D eigenvalue weighted by Gasteiger charge is -2.29. The van der Waals surface area contributed by atoms with Crippen molar-refractivity contribution in [1.29, 1.82) is 0 Å². The summed E-state index contributed by atoms with van der Waals surface area (Å²) in [5, 5.41) is 9.36. The Labute approximate surface area is 84.8 Å². The van der Waals surface area contributed by atoms with Crippen LogP contribution < -0.4 is 16.0 Å². The van der Waals surface area contributed by atoms with E-state index in [-0.39, 0.29) is 6.03 Å². The number of piperidine rings is 1. The van der Waals surface area contributed by atoms with Crippen molar-refractivity contribution in [2.24, 2.45) is 0 Å². The van der Waals surface area contributed by atoms with Gasteiger partial charge in [-0.1, -0.05) is 0 Å². The largest absolute Gasteiger partial charge is 0.338 e. The van der Waals surface area contributed by atoms with E-state index in [2.05, 4.69) is 16.0 Å². The van der Waals surface area contributed by atoms with Crippen molar-refractivity contribution >= 4 is 6.03 Å². The molecule has 1 unspecified atom stereocenters. The molecular weight excluding hydrogens is 178 g/mol. The first-order valence-corrected chi connectivity index (χ1v) is 5.58. The quantitative estimate of drug-likeness (QED) is 0.607. The normalized spacial score (nSPS) is 35.4. The number of carbonyl (C=O) groups excluding carboxylic acids is 1. The van der Waals surface area contributed by atoms with Crippen LogP contribution in [0.25, 0.3) is 0 Å². The zero-order chi connectivity index (χ0) is 9.97. The van der Waals surface area contributed by atoms with E-state index < -0.39 is 0 Å². The van der Waals surface area contributed by atoms with Gasteiger partial charge in [-0.2, -0.15) is 0 Å². The molecule has 2 rings (SSSR count). The fourth-order valence-corrected chi connectivity index (χ4v) is 2.57. The maximum Gasteiger partial charge on any atom is 0.314 e. The Bertz CT molecular complexity index is 207. The molecule has 0 radical (unpaired) electrons. The first-order chi connectivity index (χ1) is 6.78. The summed E-state index contributed by atoms with van der Waals surface area (Å²) in [6.07, 6.45) is 4.73. The number of nitrogens with one attached hydrogen (secondary N) is 3. The second kappa shape index (κ2) is 4.17. The van der Waals surface area contributed by atoms with Crippen molar-refractivity contribution in [2.75, 3.05) is 6.54 Å². The summed E-state index contributed by atoms with van der Waals surface area (Å²) in [6.45, 7) is 2.63. The monoisotopic (exact) mass is 197 g/mol. The molecule has 0 aromatic rings. The Morgan fingerprint density at radius 2 is 2.00 bits per heavy atom. The number of hydrogen-bond acceptors (Lipinski definition) is 2. The molecule has 2 saturated heterocycles. The van der Waals surface area contributed by atoms with Crippen molar-refractivity contribution in [1.82, 2.24) is 16.0 Å². The predicted molar refractivity (Wildman–Crippen MR) is 55.2 cm³/mol. The van der Waals surface area contributed by atoms with Gasteiger partial charge in [0.25, 0.3) is 0 Å². The molecule has 0 aliphatic carbocycles. The third kappa shape index (κ3) is 2.18. The highest BCUT2D eigenvalue weighted by atomic mass is 16.2. The molecule has 2 aliphatic heterocycles. The lowest BCUT2D eigenvalue weighted by Crippen LogP contribution is -2.50. The van der Waals surface area contributed by atoms with Crippen molar-refractivity contribution < 1.29 is 4.79 Å². The van der Waals surface area contributed by atoms with Crippen molar-refractivity contribution in [3.63, 3.8) is 0 Å². The average molecular weight is 197 g/mol. The average Bonchev–Trinajstić information content (AvgIpc) is 2.46. The van der Waals surface area contributed by atoms with Crippen LogP contribution in [0.3, 0.4) is 0 Å². The van der Waals surface area contributed by atoms with Crippen LogP contribution in [0.2, 0.25) is 0 Å². The zero-order valence-corrected chi connectivity index (χ0v) is 8.68. The lowest BCUT2D eigenvalue weighted by atomic mass is 10.0. The Kier molecular flexibility index (Phi) is 2.91. The lowest BCUT2D eigenvalue weighted by molar-refractivity contribution is 0.230. The highest BCUT2D eigenvalue weighted by Gasteiger charge is 2.33. The molecule has 0 spiro atoms. The molecule has 4 nitrogen and oxygen atoms in total. The number of fused-ring (bicyclic) bond motifs is 2. The molecule has 0 aromatic heterocycles. The van der Waals surface area contributed by atoms with Crippen LogP contribution in [-0.2, 0) is 0 Å². The summed E-state index contributed by atoms with van der Waals surface area (Å²) < 4.78 is 0. The first kappa shape index (κ1) is 9.77. The minimum Gasteiger partial charge on any atom is -0.338 e. The fourth-order valence-electron chi connectivity index (χ4n) is 2.57. The van der Waals surface area contributed by atoms with Gasteiger partial charge in [-0.3, -0.25) is 0 Å². The van der Waals surface area contributed by atoms with E-state index in [1.807, 2.05) is 6.92 Å². The van der Waals surface area contributed by atoms with E-state index in [1.54, 1.807) is 0 Å². The van der Waals surface area contributed by atoms with Gasteiger partial charge in [-0.05, 0) is 32.6 Å². The maximum absolute atomic E-state index is 11.3. The summed E-state index contributed by atoms with van der Waals surface area (Å²) in [6, 6.07) is 1.64. The van der Waals surface area contributed by atoms with E-state index in [0.29, 0.717) is 24.7 Å². The van der Waals surface area contributed by atoms with Crippen molar-refractivity contribution in [3.8, 4) is 0 Å². The molecule has 80 valence electrons. The van der Waals surface area contributed by atoms with E-state index in [4.69, 9.17) is 0 Å². The van der Waals surface area contributed by atoms with Crippen LogP contribution in [-0.4, -0.2) is 30.7 Å². The molecule has 2 fully saturated rings. The van der Waals surface area contributed by atoms with Crippen LogP contribution in [0.15, 0.2) is 0 Å². The Hall–Kier alpha value is -0.770. The highest BCUT2D eigenvalue weighted by Crippen LogP contribution is 2.26. The number of rotatable bonds is 2. The molecule has 2 heterocycles. The van der Waals surface area contributed by atoms with E-state index in [9.17, 15) is 4.79 Å². The third-order valence-corrected chi connectivity index (χ3v) is 3.15. The number of urea groups is 1. The highest BCUT2D eigenvalue weighted by molar-refractivity contribution is 5.74. The summed E-state index contributed by atoms with van der Waals surface area (Å²) in [4.78, 5) is 11.3. The fraction of sp³-hybridized carbons (Fsp3) is 0.900. The standard InChI is InChI=1S/C10H19N3O/c1-2-11-10(14)13-9-5-7-3-4-8(6-9)12-7/h7-9,12H,2-6H2,1H3,(H2,11,13,14)/t7-,8+,9?. The first-order valence-electron chi connectivity index (χ1n) is 5.58. The van der Waals surface area contributed by atoms with Crippen molar-refractivity contribution in [3.05, 3.63) is 0 Å². The third-order valence-electron chi connectivity index (χ3n) is 3.15. The predicted octanol–water partition coefficient (Wildman–Crippen LogP) is 0.588. The number of carbonyl (C=O) groups is 1. The molecule has 2 bridgehead atoms. The van der Waals surface area contributed by atoms with Gasteiger partial charge in [0, 0.05) is 24.7 Å². The Morgan fingerprint density at radius 3 is 2.57 bits per heavy atom. The van der Waals surface area contributed by atoms with Crippen LogP contribution >= 0.6 is 0 Å². The van der Waals surface area contributed by atoms with Crippen LogP contribution in [0.1, 0.15) is 32.6 Å². The topological polar surface area (TPSA) is 53.2 Å². The molecule has 2 amide bonds. The van der Waals surface area contributed by atoms with E-state index in [0.717, 1.165) is 12.8 Å². The van der Waals surface area contributed by atoms with E-state index >= 15 is 0 Å². The number of amides is 2. The molecule has 3 N–H and O–H groups in total. The van der Waals surface area contributed by atoms with Gasteiger partial charge < -0.3 is 16.0 Å². The molecule has 3 atom stereocenters. The molecular formula is C10H19N3O. The van der Waals surface area contributed by atoms with Gasteiger partial charge in [-0.25, -0.2) is 4.79 Å². The van der Waals surface area contributed by atoms with Gasteiger partial charge in [0.15, 0.2) is 0 Å². The van der Waals surface area contributed by atoms with Crippen LogP contribution in [0, 0.1) is 0 Å². The summed E-state index contributed by atoms with van der Waals surface area (Å²) in [7, 11) is 0. The second-order valence-corrected chi connectivity index (χ2v) is 4.31. The molecule has 0 aromatic carbocycles. The Morgan fingerprint density at radius 1 is 1.36 bits per heavy atom. The maximum atomic E-state index is 11.3. The van der Waals surface area contributed by atoms with Crippen LogP contribution in [0.4, 0.5) is 4.79 Å². The Balaban J connectivity index is 1.79. The minimum atomic E-state index is -0.0150. The van der Waals surface area contributed by atoms with E-state index in [1.165, 1.54) is 12.8 Å². The summed E-state index contributed by atoms with van der Waals surface area (Å²) >= 11 is 0. The second-order valence-electron chi connectivity index (χ2n) is 4.31. The smallest absolute Gasteiger partial charge is 0.314 e. The van der Waals surface area contributed by atoms with Gasteiger partial charge in [-0.15, -0.1) is 0 Å². The zero-order valence-electron chi connectivity index (χ0n) is 8.68. The molecule has 0 saturated carbocycles. The molecule has 4 heteroatoms. The van der Waals surface area contributed by atoms with Gasteiger partial charge in [0.05, 0.1) is 0 Å². The number of hydrogen-bond donors (Lipinski definition) is 3. The SMILES string of the molecule is CCNC(=O)NC1C[C@H]2CC[C@@H](C1)N2. The molecule has 14 heavy (non-hydrogen) atoms. The molecule has 2 aliphatic rings. The van der Waals surface area contributed by atoms with Gasteiger partial charge in [0.1, 0.15) is 0 Å². The summed E-state index contributed by atoms with van der Waals surface area (Å²) in [5.74, 6) is 0. The summed E-state index contributed by atoms with van der Waals surface area (Å²) in [5.41, 5.74) is 0. The van der Waals surface area contributed by atoms with Gasteiger partial charge in [0.2, 0.25) is 0 Å². The minimum absolute atomic E-state index is 0.0150.